The maximum atomic E-state index is 12.5. The van der Waals surface area contributed by atoms with E-state index in [0.717, 1.165) is 19.4 Å². The molecule has 1 aromatic rings. The number of ether oxygens (including phenoxy) is 1. The average Bonchev–Trinajstić information content (AvgIpc) is 2.47. The number of halogens is 4. The summed E-state index contributed by atoms with van der Waals surface area (Å²) < 4.78 is 41.4. The topological polar surface area (TPSA) is 41.6 Å². The number of carbonyl (C=O) groups is 1. The van der Waals surface area contributed by atoms with Crippen LogP contribution in [0.2, 0.25) is 0 Å². The smallest absolute Gasteiger partial charge is 0.405 e. The Morgan fingerprint density at radius 3 is 2.67 bits per heavy atom. The van der Waals surface area contributed by atoms with Crippen LogP contribution in [-0.4, -0.2) is 36.8 Å². The van der Waals surface area contributed by atoms with Gasteiger partial charge in [0.05, 0.1) is 0 Å². The number of nitrogens with one attached hydrogen (secondary N) is 1. The fourth-order valence-electron chi connectivity index (χ4n) is 2.86. The van der Waals surface area contributed by atoms with Gasteiger partial charge in [0, 0.05) is 31.1 Å². The van der Waals surface area contributed by atoms with Gasteiger partial charge < -0.3 is 15.0 Å². The molecule has 0 spiro atoms. The van der Waals surface area contributed by atoms with Gasteiger partial charge >= 0.3 is 6.36 Å². The summed E-state index contributed by atoms with van der Waals surface area (Å²) in [6.45, 7) is 2.88. The minimum absolute atomic E-state index is 0. The molecule has 1 heterocycles. The minimum Gasteiger partial charge on any atom is -0.405 e. The largest absolute Gasteiger partial charge is 0.573 e. The van der Waals surface area contributed by atoms with Gasteiger partial charge in [-0.05, 0) is 32.4 Å². The minimum atomic E-state index is -4.75. The second kappa shape index (κ2) is 8.58. The molecule has 0 aliphatic carbocycles. The van der Waals surface area contributed by atoms with E-state index in [1.807, 2.05) is 6.92 Å². The van der Waals surface area contributed by atoms with Crippen molar-refractivity contribution in [2.75, 3.05) is 13.6 Å². The Morgan fingerprint density at radius 1 is 1.38 bits per heavy atom. The van der Waals surface area contributed by atoms with E-state index in [2.05, 4.69) is 10.1 Å². The number of hydrogen-bond donors (Lipinski definition) is 1. The lowest BCUT2D eigenvalue weighted by molar-refractivity contribution is -0.275. The van der Waals surface area contributed by atoms with Crippen molar-refractivity contribution in [2.24, 2.45) is 5.92 Å². The summed E-state index contributed by atoms with van der Waals surface area (Å²) in [4.78, 5) is 14.0. The highest BCUT2D eigenvalue weighted by Crippen LogP contribution is 2.27. The maximum Gasteiger partial charge on any atom is 0.573 e. The first-order chi connectivity index (χ1) is 10.8. The van der Waals surface area contributed by atoms with Crippen LogP contribution in [0.25, 0.3) is 0 Å². The molecule has 4 nitrogen and oxygen atoms in total. The van der Waals surface area contributed by atoms with Gasteiger partial charge in [-0.2, -0.15) is 0 Å². The molecule has 1 N–H and O–H groups in total. The molecule has 1 aliphatic rings. The maximum absolute atomic E-state index is 12.5. The quantitative estimate of drug-likeness (QED) is 0.888. The Labute approximate surface area is 145 Å². The van der Waals surface area contributed by atoms with Crippen LogP contribution < -0.4 is 10.1 Å². The Bertz CT molecular complexity index is 554. The molecule has 2 atom stereocenters. The van der Waals surface area contributed by atoms with Gasteiger partial charge in [-0.15, -0.1) is 25.6 Å². The van der Waals surface area contributed by atoms with Crippen molar-refractivity contribution in [3.05, 3.63) is 29.8 Å². The number of benzene rings is 1. The van der Waals surface area contributed by atoms with Crippen LogP contribution in [-0.2, 0) is 11.3 Å². The molecular weight excluding hydrogens is 345 g/mol. The van der Waals surface area contributed by atoms with E-state index in [0.29, 0.717) is 5.56 Å². The number of rotatable bonds is 4. The Hall–Kier alpha value is -1.47. The molecule has 0 bridgehead atoms. The summed E-state index contributed by atoms with van der Waals surface area (Å²) in [5.41, 5.74) is 0.336. The molecule has 1 aliphatic heterocycles. The van der Waals surface area contributed by atoms with E-state index in [9.17, 15) is 18.0 Å². The number of hydrogen-bond acceptors (Lipinski definition) is 3. The van der Waals surface area contributed by atoms with Crippen LogP contribution in [0.15, 0.2) is 24.3 Å². The zero-order chi connectivity index (χ0) is 17.0. The van der Waals surface area contributed by atoms with Gasteiger partial charge in [-0.1, -0.05) is 18.2 Å². The van der Waals surface area contributed by atoms with Crippen molar-refractivity contribution in [1.82, 2.24) is 10.2 Å². The second-order valence-corrected chi connectivity index (χ2v) is 5.93. The summed E-state index contributed by atoms with van der Waals surface area (Å²) in [6.07, 6.45) is -3.26. The number of para-hydroxylation sites is 1. The summed E-state index contributed by atoms with van der Waals surface area (Å²) in [5, 5.41) is 3.27. The third-order valence-corrected chi connectivity index (χ3v) is 3.95. The molecule has 1 saturated heterocycles. The molecule has 2 rings (SSSR count). The lowest BCUT2D eigenvalue weighted by atomic mass is 9.92. The number of nitrogens with zero attached hydrogens (tertiary/aromatic N) is 1. The summed E-state index contributed by atoms with van der Waals surface area (Å²) in [7, 11) is 1.61. The fourth-order valence-corrected chi connectivity index (χ4v) is 2.86. The van der Waals surface area contributed by atoms with Gasteiger partial charge in [0.15, 0.2) is 0 Å². The number of carbonyl (C=O) groups excluding carboxylic acids is 1. The van der Waals surface area contributed by atoms with Crippen molar-refractivity contribution >= 4 is 18.3 Å². The van der Waals surface area contributed by atoms with E-state index in [4.69, 9.17) is 0 Å². The summed E-state index contributed by atoms with van der Waals surface area (Å²) in [5.74, 6) is -0.398. The SMILES string of the molecule is C[C@H]1C[C@@H](C(=O)N(C)Cc2ccccc2OC(F)(F)F)CCN1.Cl. The van der Waals surface area contributed by atoms with E-state index < -0.39 is 6.36 Å². The molecule has 136 valence electrons. The normalized spacial score (nSPS) is 20.9. The van der Waals surface area contributed by atoms with Crippen molar-refractivity contribution in [3.8, 4) is 5.75 Å². The van der Waals surface area contributed by atoms with Crippen molar-refractivity contribution in [2.45, 2.75) is 38.7 Å². The van der Waals surface area contributed by atoms with Crippen LogP contribution in [0, 0.1) is 5.92 Å². The molecule has 0 saturated carbocycles. The Balaban J connectivity index is 0.00000288. The molecule has 0 radical (unpaired) electrons. The predicted octanol–water partition coefficient (Wildman–Crippen LogP) is 3.35. The lowest BCUT2D eigenvalue weighted by Crippen LogP contribution is -2.42. The van der Waals surface area contributed by atoms with Crippen molar-refractivity contribution < 1.29 is 22.7 Å². The molecule has 1 amide bonds. The predicted molar refractivity (Wildman–Crippen MR) is 87.0 cm³/mol. The number of alkyl halides is 3. The third-order valence-electron chi connectivity index (χ3n) is 3.95. The van der Waals surface area contributed by atoms with Crippen LogP contribution in [0.1, 0.15) is 25.3 Å². The summed E-state index contributed by atoms with van der Waals surface area (Å²) >= 11 is 0. The van der Waals surface area contributed by atoms with Gasteiger partial charge in [0.2, 0.25) is 5.91 Å². The van der Waals surface area contributed by atoms with E-state index >= 15 is 0 Å². The standard InChI is InChI=1S/C16H21F3N2O2.ClH/c1-11-9-12(7-8-20-11)15(22)21(2)10-13-5-3-4-6-14(13)23-16(17,18)19;/h3-6,11-12,20H,7-10H2,1-2H3;1H/t11-,12-;/m0./s1. The molecule has 0 aromatic heterocycles. The lowest BCUT2D eigenvalue weighted by Gasteiger charge is -2.30. The number of piperidine rings is 1. The highest BCUT2D eigenvalue weighted by Gasteiger charge is 2.32. The highest BCUT2D eigenvalue weighted by atomic mass is 35.5. The van der Waals surface area contributed by atoms with Gasteiger partial charge in [0.1, 0.15) is 5.75 Å². The molecule has 1 fully saturated rings. The highest BCUT2D eigenvalue weighted by molar-refractivity contribution is 5.85. The van der Waals surface area contributed by atoms with Crippen molar-refractivity contribution in [1.29, 1.82) is 0 Å². The second-order valence-electron chi connectivity index (χ2n) is 5.93. The third kappa shape index (κ3) is 5.87. The first-order valence-corrected chi connectivity index (χ1v) is 7.58. The molecule has 8 heteroatoms. The van der Waals surface area contributed by atoms with E-state index in [1.54, 1.807) is 13.1 Å². The van der Waals surface area contributed by atoms with Crippen LogP contribution in [0.4, 0.5) is 13.2 Å². The Kier molecular flexibility index (Phi) is 7.35. The van der Waals surface area contributed by atoms with E-state index in [1.165, 1.54) is 23.1 Å². The Morgan fingerprint density at radius 2 is 2.04 bits per heavy atom. The first kappa shape index (κ1) is 20.6. The average molecular weight is 367 g/mol. The molecule has 0 unspecified atom stereocenters. The summed E-state index contributed by atoms with van der Waals surface area (Å²) in [6, 6.07) is 6.17. The molecule has 24 heavy (non-hydrogen) atoms. The molecule has 1 aromatic carbocycles. The van der Waals surface area contributed by atoms with Gasteiger partial charge in [0.25, 0.3) is 0 Å². The van der Waals surface area contributed by atoms with Crippen LogP contribution in [0.5, 0.6) is 5.75 Å². The van der Waals surface area contributed by atoms with Crippen LogP contribution in [0.3, 0.4) is 0 Å². The van der Waals surface area contributed by atoms with Crippen molar-refractivity contribution in [3.63, 3.8) is 0 Å². The van der Waals surface area contributed by atoms with Gasteiger partial charge in [-0.3, -0.25) is 4.79 Å². The van der Waals surface area contributed by atoms with Crippen LogP contribution >= 0.6 is 12.4 Å². The first-order valence-electron chi connectivity index (χ1n) is 7.58. The molecular formula is C16H22ClF3N2O2. The van der Waals surface area contributed by atoms with E-state index in [-0.39, 0.29) is 42.6 Å². The number of amides is 1. The zero-order valence-electron chi connectivity index (χ0n) is 13.6. The zero-order valence-corrected chi connectivity index (χ0v) is 14.4. The van der Waals surface area contributed by atoms with Gasteiger partial charge in [-0.25, -0.2) is 0 Å². The monoisotopic (exact) mass is 366 g/mol. The fraction of sp³-hybridized carbons (Fsp3) is 0.562.